The highest BCUT2D eigenvalue weighted by Crippen LogP contribution is 2.41. The standard InChI is InChI=1S/C26H31FN6O2/c1-3-4-5-6-17-9-10-20(21(27)13-17)26(2)14-19(22-11-12-32(30-22)16-18-7-8-18)24(25(35)29-26)33-23(34)15-28-31-33/h9-13,18H,3-8,14-16H2,1-2H3,(H,29,35)/t26-/m0/s1. The predicted octanol–water partition coefficient (Wildman–Crippen LogP) is 4.52. The lowest BCUT2D eigenvalue weighted by Gasteiger charge is -2.38. The van der Waals surface area contributed by atoms with Gasteiger partial charge in [-0.2, -0.15) is 15.2 Å². The second-order valence-corrected chi connectivity index (χ2v) is 10.0. The molecule has 1 saturated carbocycles. The van der Waals surface area contributed by atoms with Crippen LogP contribution in [-0.2, 0) is 28.1 Å². The highest BCUT2D eigenvalue weighted by molar-refractivity contribution is 6.06. The lowest BCUT2D eigenvalue weighted by atomic mass is 9.80. The average molecular weight is 479 g/mol. The van der Waals surface area contributed by atoms with Crippen molar-refractivity contribution in [3.05, 3.63) is 58.8 Å². The van der Waals surface area contributed by atoms with Crippen molar-refractivity contribution in [3.63, 3.8) is 0 Å². The normalized spacial score (nSPS) is 22.3. The molecule has 1 aromatic carbocycles. The van der Waals surface area contributed by atoms with E-state index in [1.54, 1.807) is 12.1 Å². The minimum atomic E-state index is -1.01. The van der Waals surface area contributed by atoms with E-state index in [0.29, 0.717) is 22.7 Å². The SMILES string of the molecule is CCCCCc1ccc([C@]2(C)CC(c3ccn(CC4CC4)n3)=C(N3N=NCC3=O)C(=O)N2)c(F)c1. The van der Waals surface area contributed by atoms with Gasteiger partial charge in [-0.15, -0.1) is 0 Å². The first kappa shape index (κ1) is 23.4. The van der Waals surface area contributed by atoms with Crippen LogP contribution in [0, 0.1) is 11.7 Å². The number of unbranched alkanes of at least 4 members (excludes halogenated alkanes) is 2. The lowest BCUT2D eigenvalue weighted by molar-refractivity contribution is -0.130. The highest BCUT2D eigenvalue weighted by Gasteiger charge is 2.43. The van der Waals surface area contributed by atoms with E-state index in [1.807, 2.05) is 29.9 Å². The van der Waals surface area contributed by atoms with Gasteiger partial charge in [0.2, 0.25) is 0 Å². The zero-order valence-corrected chi connectivity index (χ0v) is 20.3. The maximum absolute atomic E-state index is 15.4. The number of amides is 2. The van der Waals surface area contributed by atoms with Crippen molar-refractivity contribution >= 4 is 17.4 Å². The largest absolute Gasteiger partial charge is 0.341 e. The molecule has 1 atom stereocenters. The van der Waals surface area contributed by atoms with E-state index in [-0.39, 0.29) is 30.4 Å². The third kappa shape index (κ3) is 4.76. The van der Waals surface area contributed by atoms with Gasteiger partial charge >= 0.3 is 0 Å². The molecular weight excluding hydrogens is 447 g/mol. The second-order valence-electron chi connectivity index (χ2n) is 10.0. The Balaban J connectivity index is 1.50. The third-order valence-electron chi connectivity index (χ3n) is 7.02. The minimum absolute atomic E-state index is 0.106. The molecule has 3 aliphatic rings. The van der Waals surface area contributed by atoms with Crippen molar-refractivity contribution in [1.29, 1.82) is 0 Å². The summed E-state index contributed by atoms with van der Waals surface area (Å²) in [7, 11) is 0. The summed E-state index contributed by atoms with van der Waals surface area (Å²) in [4.78, 5) is 25.8. The van der Waals surface area contributed by atoms with E-state index in [1.165, 1.54) is 12.8 Å². The van der Waals surface area contributed by atoms with Gasteiger partial charge in [0.15, 0.2) is 0 Å². The molecule has 5 rings (SSSR count). The molecule has 0 radical (unpaired) electrons. The van der Waals surface area contributed by atoms with Crippen LogP contribution in [-0.4, -0.2) is 33.1 Å². The first-order valence-electron chi connectivity index (χ1n) is 12.5. The summed E-state index contributed by atoms with van der Waals surface area (Å²) < 4.78 is 17.3. The molecular formula is C26H31FN6O2. The average Bonchev–Trinajstić information content (AvgIpc) is 3.33. The summed E-state index contributed by atoms with van der Waals surface area (Å²) in [5.74, 6) is -0.585. The van der Waals surface area contributed by atoms with Crippen LogP contribution in [0.3, 0.4) is 0 Å². The third-order valence-corrected chi connectivity index (χ3v) is 7.02. The van der Waals surface area contributed by atoms with Crippen molar-refractivity contribution in [2.24, 2.45) is 16.3 Å². The molecule has 1 aliphatic carbocycles. The number of halogens is 1. The Morgan fingerprint density at radius 3 is 2.71 bits per heavy atom. The summed E-state index contributed by atoms with van der Waals surface area (Å²) in [6.45, 7) is 4.67. The number of nitrogens with zero attached hydrogens (tertiary/aromatic N) is 5. The Morgan fingerprint density at radius 1 is 1.20 bits per heavy atom. The topological polar surface area (TPSA) is 92.0 Å². The van der Waals surface area contributed by atoms with Crippen LogP contribution in [0.15, 0.2) is 46.5 Å². The Morgan fingerprint density at radius 2 is 2.03 bits per heavy atom. The van der Waals surface area contributed by atoms with Gasteiger partial charge in [-0.1, -0.05) is 37.1 Å². The molecule has 8 nitrogen and oxygen atoms in total. The molecule has 0 unspecified atom stereocenters. The van der Waals surface area contributed by atoms with Crippen LogP contribution in [0.1, 0.15) is 69.2 Å². The zero-order chi connectivity index (χ0) is 24.6. The number of benzene rings is 1. The number of carbonyl (C=O) groups is 2. The Labute approximate surface area is 204 Å². The molecule has 2 amide bonds. The van der Waals surface area contributed by atoms with Crippen LogP contribution in [0.25, 0.3) is 5.57 Å². The summed E-state index contributed by atoms with van der Waals surface area (Å²) >= 11 is 0. The highest BCUT2D eigenvalue weighted by atomic mass is 19.1. The zero-order valence-electron chi connectivity index (χ0n) is 20.3. The number of aromatic nitrogens is 2. The van der Waals surface area contributed by atoms with Crippen LogP contribution >= 0.6 is 0 Å². The maximum atomic E-state index is 15.4. The molecule has 35 heavy (non-hydrogen) atoms. The number of nitrogens with one attached hydrogen (secondary N) is 1. The summed E-state index contributed by atoms with van der Waals surface area (Å²) in [6, 6.07) is 7.13. The lowest BCUT2D eigenvalue weighted by Crippen LogP contribution is -2.51. The van der Waals surface area contributed by atoms with Crippen molar-refractivity contribution in [1.82, 2.24) is 20.1 Å². The van der Waals surface area contributed by atoms with Crippen molar-refractivity contribution < 1.29 is 14.0 Å². The van der Waals surface area contributed by atoms with E-state index >= 15 is 4.39 Å². The Hall–Kier alpha value is -3.36. The molecule has 1 aromatic heterocycles. The molecule has 0 saturated heterocycles. The van der Waals surface area contributed by atoms with Gasteiger partial charge in [-0.25, -0.2) is 4.39 Å². The summed E-state index contributed by atoms with van der Waals surface area (Å²) in [6.07, 6.45) is 8.60. The number of aryl methyl sites for hydroxylation is 1. The van der Waals surface area contributed by atoms with Crippen LogP contribution in [0.2, 0.25) is 0 Å². The van der Waals surface area contributed by atoms with Gasteiger partial charge in [-0.05, 0) is 56.2 Å². The first-order chi connectivity index (χ1) is 16.9. The molecule has 184 valence electrons. The Kier molecular flexibility index (Phi) is 6.25. The fraction of sp³-hybridized carbons (Fsp3) is 0.500. The Bertz CT molecular complexity index is 1210. The van der Waals surface area contributed by atoms with Crippen molar-refractivity contribution in [3.8, 4) is 0 Å². The fourth-order valence-electron chi connectivity index (χ4n) is 4.90. The predicted molar refractivity (Wildman–Crippen MR) is 128 cm³/mol. The van der Waals surface area contributed by atoms with Crippen LogP contribution in [0.5, 0.6) is 0 Å². The molecule has 0 spiro atoms. The van der Waals surface area contributed by atoms with Gasteiger partial charge in [0.05, 0.1) is 11.2 Å². The maximum Gasteiger partial charge on any atom is 0.272 e. The molecule has 1 fully saturated rings. The van der Waals surface area contributed by atoms with E-state index in [2.05, 4.69) is 22.6 Å². The van der Waals surface area contributed by atoms with Gasteiger partial charge in [0.1, 0.15) is 18.1 Å². The van der Waals surface area contributed by atoms with Crippen molar-refractivity contribution in [2.45, 2.75) is 70.9 Å². The molecule has 0 bridgehead atoms. The fourth-order valence-corrected chi connectivity index (χ4v) is 4.90. The number of hydrogen-bond acceptors (Lipinski definition) is 5. The van der Waals surface area contributed by atoms with Crippen LogP contribution in [0.4, 0.5) is 4.39 Å². The minimum Gasteiger partial charge on any atom is -0.341 e. The van der Waals surface area contributed by atoms with Gasteiger partial charge in [0, 0.05) is 30.3 Å². The first-order valence-corrected chi connectivity index (χ1v) is 12.5. The summed E-state index contributed by atoms with van der Waals surface area (Å²) in [5, 5.41) is 16.4. The molecule has 1 N–H and O–H groups in total. The van der Waals surface area contributed by atoms with Gasteiger partial charge in [0.25, 0.3) is 11.8 Å². The molecule has 2 aliphatic heterocycles. The van der Waals surface area contributed by atoms with E-state index in [4.69, 9.17) is 5.10 Å². The van der Waals surface area contributed by atoms with E-state index in [0.717, 1.165) is 42.8 Å². The number of hydrogen-bond donors (Lipinski definition) is 1. The molecule has 3 heterocycles. The number of rotatable bonds is 9. The van der Waals surface area contributed by atoms with Gasteiger partial charge < -0.3 is 5.32 Å². The van der Waals surface area contributed by atoms with E-state index in [9.17, 15) is 9.59 Å². The molecule has 2 aromatic rings. The second kappa shape index (κ2) is 9.36. The van der Waals surface area contributed by atoms with Gasteiger partial charge in [-0.3, -0.25) is 14.3 Å². The molecule has 9 heteroatoms. The monoisotopic (exact) mass is 478 g/mol. The van der Waals surface area contributed by atoms with E-state index < -0.39 is 11.4 Å². The summed E-state index contributed by atoms with van der Waals surface area (Å²) in [5.41, 5.74) is 1.61. The quantitative estimate of drug-likeness (QED) is 0.537. The van der Waals surface area contributed by atoms with Crippen molar-refractivity contribution in [2.75, 3.05) is 6.54 Å². The number of carbonyl (C=O) groups excluding carboxylic acids is 2. The van der Waals surface area contributed by atoms with Crippen LogP contribution < -0.4 is 5.32 Å². The smallest absolute Gasteiger partial charge is 0.272 e.